The molecule has 1 unspecified atom stereocenters. The molecule has 0 aromatic carbocycles. The average molecular weight is 269 g/mol. The predicted octanol–water partition coefficient (Wildman–Crippen LogP) is 1.60. The van der Waals surface area contributed by atoms with Crippen LogP contribution in [0.2, 0.25) is 0 Å². The van der Waals surface area contributed by atoms with E-state index in [1.807, 2.05) is 0 Å². The van der Waals surface area contributed by atoms with E-state index in [0.717, 1.165) is 19.0 Å². The molecule has 1 heterocycles. The average Bonchev–Trinajstić information content (AvgIpc) is 2.30. The highest BCUT2D eigenvalue weighted by atomic mass is 16.1. The lowest BCUT2D eigenvalue weighted by molar-refractivity contribution is -0.122. The van der Waals surface area contributed by atoms with Crippen molar-refractivity contribution in [2.75, 3.05) is 26.2 Å². The van der Waals surface area contributed by atoms with Gasteiger partial charge in [0, 0.05) is 25.6 Å². The summed E-state index contributed by atoms with van der Waals surface area (Å²) < 4.78 is 0. The van der Waals surface area contributed by atoms with Gasteiger partial charge in [-0.15, -0.1) is 0 Å². The van der Waals surface area contributed by atoms with Crippen molar-refractivity contribution in [3.8, 4) is 0 Å². The number of amides is 1. The molecule has 19 heavy (non-hydrogen) atoms. The van der Waals surface area contributed by atoms with Crippen LogP contribution in [0.4, 0.5) is 0 Å². The molecule has 1 fully saturated rings. The minimum absolute atomic E-state index is 0.0135. The van der Waals surface area contributed by atoms with Crippen LogP contribution in [0.25, 0.3) is 0 Å². The van der Waals surface area contributed by atoms with Gasteiger partial charge < -0.3 is 16.0 Å². The Morgan fingerprint density at radius 3 is 2.47 bits per heavy atom. The van der Waals surface area contributed by atoms with Gasteiger partial charge in [0.15, 0.2) is 0 Å². The third-order valence-corrected chi connectivity index (χ3v) is 4.14. The van der Waals surface area contributed by atoms with E-state index in [1.54, 1.807) is 0 Å². The Balaban J connectivity index is 2.14. The van der Waals surface area contributed by atoms with Crippen molar-refractivity contribution in [2.24, 2.45) is 17.1 Å². The maximum absolute atomic E-state index is 11.8. The lowest BCUT2D eigenvalue weighted by Gasteiger charge is -2.30. The van der Waals surface area contributed by atoms with Crippen LogP contribution in [0.15, 0.2) is 0 Å². The van der Waals surface area contributed by atoms with Gasteiger partial charge in [-0.1, -0.05) is 27.7 Å². The Morgan fingerprint density at radius 2 is 1.95 bits per heavy atom. The van der Waals surface area contributed by atoms with E-state index in [9.17, 15) is 4.79 Å². The maximum Gasteiger partial charge on any atom is 0.221 e. The SMILES string of the molecule is CC1CCN(CCNC(=O)CC(N)C(C)(C)C)CC1. The molecule has 0 radical (unpaired) electrons. The Kier molecular flexibility index (Phi) is 6.27. The van der Waals surface area contributed by atoms with Crippen LogP contribution in [-0.4, -0.2) is 43.0 Å². The molecule has 3 N–H and O–H groups in total. The van der Waals surface area contributed by atoms with E-state index >= 15 is 0 Å². The summed E-state index contributed by atoms with van der Waals surface area (Å²) in [5.74, 6) is 0.934. The molecular weight excluding hydrogens is 238 g/mol. The number of carbonyl (C=O) groups is 1. The standard InChI is InChI=1S/C15H31N3O/c1-12-5-8-18(9-6-12)10-7-17-14(19)11-13(16)15(2,3)4/h12-13H,5-11,16H2,1-4H3,(H,17,19). The lowest BCUT2D eigenvalue weighted by atomic mass is 9.85. The second kappa shape index (κ2) is 7.25. The molecule has 4 nitrogen and oxygen atoms in total. The summed E-state index contributed by atoms with van der Waals surface area (Å²) in [6.07, 6.45) is 2.98. The molecule has 1 aliphatic heterocycles. The summed E-state index contributed by atoms with van der Waals surface area (Å²) in [7, 11) is 0. The van der Waals surface area contributed by atoms with Crippen molar-refractivity contribution in [3.05, 3.63) is 0 Å². The summed E-state index contributed by atoms with van der Waals surface area (Å²) in [5, 5.41) is 2.98. The largest absolute Gasteiger partial charge is 0.355 e. The smallest absolute Gasteiger partial charge is 0.221 e. The number of piperidine rings is 1. The first-order valence-corrected chi connectivity index (χ1v) is 7.53. The van der Waals surface area contributed by atoms with Gasteiger partial charge in [0.25, 0.3) is 0 Å². The Morgan fingerprint density at radius 1 is 1.37 bits per heavy atom. The normalized spacial score (nSPS) is 20.3. The fourth-order valence-corrected chi connectivity index (χ4v) is 2.22. The van der Waals surface area contributed by atoms with E-state index in [1.165, 1.54) is 25.9 Å². The topological polar surface area (TPSA) is 58.4 Å². The van der Waals surface area contributed by atoms with Gasteiger partial charge in [0.05, 0.1) is 0 Å². The van der Waals surface area contributed by atoms with Gasteiger partial charge in [0.2, 0.25) is 5.91 Å². The lowest BCUT2D eigenvalue weighted by Crippen LogP contribution is -2.43. The number of hydrogen-bond donors (Lipinski definition) is 2. The molecule has 4 heteroatoms. The second-order valence-electron chi connectivity index (χ2n) is 7.05. The zero-order chi connectivity index (χ0) is 14.5. The first-order valence-electron chi connectivity index (χ1n) is 7.53. The van der Waals surface area contributed by atoms with Crippen LogP contribution in [0, 0.1) is 11.3 Å². The highest BCUT2D eigenvalue weighted by molar-refractivity contribution is 5.76. The summed E-state index contributed by atoms with van der Waals surface area (Å²) in [5.41, 5.74) is 6.00. The van der Waals surface area contributed by atoms with E-state index in [4.69, 9.17) is 5.73 Å². The fraction of sp³-hybridized carbons (Fsp3) is 0.933. The quantitative estimate of drug-likeness (QED) is 0.797. The Bertz CT molecular complexity index is 278. The summed E-state index contributed by atoms with van der Waals surface area (Å²) in [6.45, 7) is 12.6. The number of carbonyl (C=O) groups excluding carboxylic acids is 1. The monoisotopic (exact) mass is 269 g/mol. The summed E-state index contributed by atoms with van der Waals surface area (Å²) in [6, 6.07) is -0.0802. The minimum Gasteiger partial charge on any atom is -0.355 e. The van der Waals surface area contributed by atoms with E-state index in [-0.39, 0.29) is 17.4 Å². The van der Waals surface area contributed by atoms with Gasteiger partial charge in [-0.3, -0.25) is 4.79 Å². The minimum atomic E-state index is -0.0802. The van der Waals surface area contributed by atoms with Crippen molar-refractivity contribution in [1.29, 1.82) is 0 Å². The van der Waals surface area contributed by atoms with E-state index in [2.05, 4.69) is 37.9 Å². The van der Waals surface area contributed by atoms with Crippen LogP contribution in [0.1, 0.15) is 47.0 Å². The van der Waals surface area contributed by atoms with Crippen LogP contribution in [0.5, 0.6) is 0 Å². The molecule has 0 bridgehead atoms. The molecule has 112 valence electrons. The molecule has 0 aromatic heterocycles. The summed E-state index contributed by atoms with van der Waals surface area (Å²) >= 11 is 0. The number of nitrogens with one attached hydrogen (secondary N) is 1. The molecular formula is C15H31N3O. The first kappa shape index (κ1) is 16.4. The predicted molar refractivity (Wildman–Crippen MR) is 79.9 cm³/mol. The molecule has 1 amide bonds. The van der Waals surface area contributed by atoms with Gasteiger partial charge >= 0.3 is 0 Å². The van der Waals surface area contributed by atoms with Crippen molar-refractivity contribution >= 4 is 5.91 Å². The number of rotatable bonds is 5. The number of likely N-dealkylation sites (tertiary alicyclic amines) is 1. The zero-order valence-electron chi connectivity index (χ0n) is 13.0. The zero-order valence-corrected chi connectivity index (χ0v) is 13.0. The van der Waals surface area contributed by atoms with E-state index < -0.39 is 0 Å². The molecule has 1 saturated heterocycles. The number of nitrogens with two attached hydrogens (primary N) is 1. The molecule has 0 aromatic rings. The molecule has 0 saturated carbocycles. The molecule has 0 aliphatic carbocycles. The van der Waals surface area contributed by atoms with Gasteiger partial charge in [0.1, 0.15) is 0 Å². The van der Waals surface area contributed by atoms with Gasteiger partial charge in [-0.2, -0.15) is 0 Å². The van der Waals surface area contributed by atoms with E-state index in [0.29, 0.717) is 6.42 Å². The second-order valence-corrected chi connectivity index (χ2v) is 7.05. The van der Waals surface area contributed by atoms with Gasteiger partial charge in [-0.05, 0) is 37.3 Å². The van der Waals surface area contributed by atoms with Crippen molar-refractivity contribution in [3.63, 3.8) is 0 Å². The first-order chi connectivity index (χ1) is 8.79. The molecule has 0 spiro atoms. The third kappa shape index (κ3) is 6.39. The van der Waals surface area contributed by atoms with Crippen molar-refractivity contribution in [1.82, 2.24) is 10.2 Å². The third-order valence-electron chi connectivity index (χ3n) is 4.14. The number of hydrogen-bond acceptors (Lipinski definition) is 3. The summed E-state index contributed by atoms with van der Waals surface area (Å²) in [4.78, 5) is 14.2. The highest BCUT2D eigenvalue weighted by Crippen LogP contribution is 2.19. The highest BCUT2D eigenvalue weighted by Gasteiger charge is 2.23. The molecule has 1 aliphatic rings. The van der Waals surface area contributed by atoms with Crippen molar-refractivity contribution in [2.45, 2.75) is 53.0 Å². The molecule has 1 atom stereocenters. The Labute approximate surface area is 118 Å². The number of nitrogens with zero attached hydrogens (tertiary/aromatic N) is 1. The van der Waals surface area contributed by atoms with Crippen LogP contribution in [0.3, 0.4) is 0 Å². The van der Waals surface area contributed by atoms with Crippen LogP contribution < -0.4 is 11.1 Å². The fourth-order valence-electron chi connectivity index (χ4n) is 2.22. The van der Waals surface area contributed by atoms with Crippen LogP contribution in [-0.2, 0) is 4.79 Å². The van der Waals surface area contributed by atoms with Crippen LogP contribution >= 0.6 is 0 Å². The molecule has 1 rings (SSSR count). The van der Waals surface area contributed by atoms with Crippen molar-refractivity contribution < 1.29 is 4.79 Å². The maximum atomic E-state index is 11.8. The van der Waals surface area contributed by atoms with Gasteiger partial charge in [-0.25, -0.2) is 0 Å². The Hall–Kier alpha value is -0.610.